The minimum Gasteiger partial charge on any atom is -0.468 e. The number of esters is 1. The molecule has 0 amide bonds. The molecule has 0 spiro atoms. The molecule has 16 heavy (non-hydrogen) atoms. The minimum atomic E-state index is -0.150. The molecule has 0 aromatic heterocycles. The summed E-state index contributed by atoms with van der Waals surface area (Å²) in [5.74, 6) is 0.649. The molecule has 0 fully saturated rings. The molecular weight excluding hydrogens is 222 g/mol. The molecule has 3 nitrogen and oxygen atoms in total. The van der Waals surface area contributed by atoms with Crippen molar-refractivity contribution in [2.45, 2.75) is 24.3 Å². The Hall–Kier alpha value is -1.16. The fourth-order valence-electron chi connectivity index (χ4n) is 1.29. The van der Waals surface area contributed by atoms with Crippen LogP contribution in [0.3, 0.4) is 0 Å². The maximum absolute atomic E-state index is 11.4. The average molecular weight is 239 g/mol. The summed E-state index contributed by atoms with van der Waals surface area (Å²) in [6.45, 7) is 1.98. The molecule has 1 unspecified atom stereocenters. The number of anilines is 1. The van der Waals surface area contributed by atoms with E-state index in [0.717, 1.165) is 17.9 Å². The van der Waals surface area contributed by atoms with E-state index in [4.69, 9.17) is 10.5 Å². The maximum Gasteiger partial charge on any atom is 0.318 e. The summed E-state index contributed by atoms with van der Waals surface area (Å²) in [6.07, 6.45) is 0.784. The molecule has 0 aliphatic heterocycles. The SMILES string of the molecule is CCC(SCc1ccc(N)cc1)C(=O)OC. The van der Waals surface area contributed by atoms with E-state index >= 15 is 0 Å². The largest absolute Gasteiger partial charge is 0.468 e. The highest BCUT2D eigenvalue weighted by Crippen LogP contribution is 2.21. The summed E-state index contributed by atoms with van der Waals surface area (Å²) in [6, 6.07) is 7.70. The van der Waals surface area contributed by atoms with Crippen molar-refractivity contribution in [1.29, 1.82) is 0 Å². The summed E-state index contributed by atoms with van der Waals surface area (Å²) in [5.41, 5.74) is 7.52. The van der Waals surface area contributed by atoms with Crippen molar-refractivity contribution in [1.82, 2.24) is 0 Å². The third-order valence-electron chi connectivity index (χ3n) is 2.27. The quantitative estimate of drug-likeness (QED) is 0.633. The van der Waals surface area contributed by atoms with Gasteiger partial charge in [0.05, 0.1) is 7.11 Å². The summed E-state index contributed by atoms with van der Waals surface area (Å²) < 4.78 is 4.73. The van der Waals surface area contributed by atoms with Gasteiger partial charge in [0, 0.05) is 11.4 Å². The predicted molar refractivity (Wildman–Crippen MR) is 68.2 cm³/mol. The van der Waals surface area contributed by atoms with E-state index in [1.54, 1.807) is 11.8 Å². The first-order chi connectivity index (χ1) is 7.67. The van der Waals surface area contributed by atoms with E-state index in [2.05, 4.69) is 0 Å². The number of ether oxygens (including phenoxy) is 1. The van der Waals surface area contributed by atoms with Gasteiger partial charge in [-0.2, -0.15) is 0 Å². The molecule has 0 saturated heterocycles. The Morgan fingerprint density at radius 1 is 1.44 bits per heavy atom. The number of carbonyl (C=O) groups excluding carboxylic acids is 1. The van der Waals surface area contributed by atoms with Crippen molar-refractivity contribution in [2.75, 3.05) is 12.8 Å². The fraction of sp³-hybridized carbons (Fsp3) is 0.417. The van der Waals surface area contributed by atoms with Crippen LogP contribution in [0.25, 0.3) is 0 Å². The van der Waals surface area contributed by atoms with Gasteiger partial charge in [0.15, 0.2) is 0 Å². The molecule has 1 aromatic carbocycles. The van der Waals surface area contributed by atoms with Crippen molar-refractivity contribution < 1.29 is 9.53 Å². The molecule has 0 heterocycles. The zero-order valence-corrected chi connectivity index (χ0v) is 10.4. The lowest BCUT2D eigenvalue weighted by Crippen LogP contribution is -2.17. The third kappa shape index (κ3) is 3.77. The maximum atomic E-state index is 11.4. The van der Waals surface area contributed by atoms with E-state index in [1.165, 1.54) is 12.7 Å². The van der Waals surface area contributed by atoms with Crippen LogP contribution < -0.4 is 5.73 Å². The first-order valence-electron chi connectivity index (χ1n) is 5.21. The van der Waals surface area contributed by atoms with E-state index in [0.29, 0.717) is 0 Å². The normalized spacial score (nSPS) is 12.1. The lowest BCUT2D eigenvalue weighted by Gasteiger charge is -2.11. The minimum absolute atomic E-state index is 0.0810. The van der Waals surface area contributed by atoms with Crippen molar-refractivity contribution in [2.24, 2.45) is 0 Å². The molecule has 2 N–H and O–H groups in total. The van der Waals surface area contributed by atoms with E-state index < -0.39 is 0 Å². The number of thioether (sulfide) groups is 1. The lowest BCUT2D eigenvalue weighted by atomic mass is 10.2. The number of rotatable bonds is 5. The van der Waals surface area contributed by atoms with Gasteiger partial charge in [0.25, 0.3) is 0 Å². The second-order valence-corrected chi connectivity index (χ2v) is 4.66. The zero-order valence-electron chi connectivity index (χ0n) is 9.60. The molecule has 0 radical (unpaired) electrons. The van der Waals surface area contributed by atoms with Gasteiger partial charge in [0.1, 0.15) is 5.25 Å². The summed E-state index contributed by atoms with van der Waals surface area (Å²) >= 11 is 1.60. The van der Waals surface area contributed by atoms with Crippen LogP contribution in [0.15, 0.2) is 24.3 Å². The molecule has 0 bridgehead atoms. The van der Waals surface area contributed by atoms with Crippen LogP contribution in [-0.2, 0) is 15.3 Å². The summed E-state index contributed by atoms with van der Waals surface area (Å²) in [4.78, 5) is 11.4. The first-order valence-corrected chi connectivity index (χ1v) is 6.26. The summed E-state index contributed by atoms with van der Waals surface area (Å²) in [7, 11) is 1.43. The Kier molecular flexibility index (Phi) is 5.19. The van der Waals surface area contributed by atoms with Gasteiger partial charge in [-0.1, -0.05) is 19.1 Å². The third-order valence-corrected chi connectivity index (χ3v) is 3.69. The topological polar surface area (TPSA) is 52.3 Å². The van der Waals surface area contributed by atoms with E-state index in [9.17, 15) is 4.79 Å². The molecule has 88 valence electrons. The smallest absolute Gasteiger partial charge is 0.318 e. The molecule has 0 aliphatic rings. The predicted octanol–water partition coefficient (Wildman–Crippen LogP) is 2.45. The van der Waals surface area contributed by atoms with Crippen LogP contribution in [0.5, 0.6) is 0 Å². The van der Waals surface area contributed by atoms with Gasteiger partial charge in [0.2, 0.25) is 0 Å². The number of nitrogens with two attached hydrogens (primary N) is 1. The molecule has 0 aliphatic carbocycles. The van der Waals surface area contributed by atoms with Crippen LogP contribution in [-0.4, -0.2) is 18.3 Å². The lowest BCUT2D eigenvalue weighted by molar-refractivity contribution is -0.140. The van der Waals surface area contributed by atoms with Crippen molar-refractivity contribution >= 4 is 23.4 Å². The second-order valence-electron chi connectivity index (χ2n) is 3.47. The van der Waals surface area contributed by atoms with Crippen molar-refractivity contribution in [3.05, 3.63) is 29.8 Å². The highest BCUT2D eigenvalue weighted by Gasteiger charge is 2.16. The number of hydrogen-bond donors (Lipinski definition) is 1. The molecule has 1 rings (SSSR count). The number of benzene rings is 1. The van der Waals surface area contributed by atoms with Crippen molar-refractivity contribution in [3.63, 3.8) is 0 Å². The van der Waals surface area contributed by atoms with Crippen molar-refractivity contribution in [3.8, 4) is 0 Å². The standard InChI is InChI=1S/C12H17NO2S/c1-3-11(12(14)15-2)16-8-9-4-6-10(13)7-5-9/h4-7,11H,3,8,13H2,1-2H3. The number of nitrogen functional groups attached to an aromatic ring is 1. The molecule has 1 atom stereocenters. The van der Waals surface area contributed by atoms with Crippen LogP contribution >= 0.6 is 11.8 Å². The molecule has 0 saturated carbocycles. The van der Waals surface area contributed by atoms with Gasteiger partial charge in [-0.25, -0.2) is 0 Å². The van der Waals surface area contributed by atoms with Gasteiger partial charge >= 0.3 is 5.97 Å². The first kappa shape index (κ1) is 12.9. The molecular formula is C12H17NO2S. The van der Waals surface area contributed by atoms with Crippen LogP contribution in [0, 0.1) is 0 Å². The Morgan fingerprint density at radius 2 is 2.06 bits per heavy atom. The number of hydrogen-bond acceptors (Lipinski definition) is 4. The van der Waals surface area contributed by atoms with Gasteiger partial charge < -0.3 is 10.5 Å². The monoisotopic (exact) mass is 239 g/mol. The van der Waals surface area contributed by atoms with Gasteiger partial charge in [-0.3, -0.25) is 4.79 Å². The Morgan fingerprint density at radius 3 is 2.56 bits per heavy atom. The Balaban J connectivity index is 2.49. The van der Waals surface area contributed by atoms with Crippen LogP contribution in [0.2, 0.25) is 0 Å². The van der Waals surface area contributed by atoms with Crippen LogP contribution in [0.1, 0.15) is 18.9 Å². The van der Waals surface area contributed by atoms with Crippen LogP contribution in [0.4, 0.5) is 5.69 Å². The fourth-order valence-corrected chi connectivity index (χ4v) is 2.35. The second kappa shape index (κ2) is 6.43. The van der Waals surface area contributed by atoms with Gasteiger partial charge in [-0.15, -0.1) is 11.8 Å². The summed E-state index contributed by atoms with van der Waals surface area (Å²) in [5, 5.41) is -0.0810. The zero-order chi connectivity index (χ0) is 12.0. The Bertz CT molecular complexity index is 337. The molecule has 4 heteroatoms. The van der Waals surface area contributed by atoms with E-state index in [-0.39, 0.29) is 11.2 Å². The highest BCUT2D eigenvalue weighted by molar-refractivity contribution is 7.99. The highest BCUT2D eigenvalue weighted by atomic mass is 32.2. The van der Waals surface area contributed by atoms with E-state index in [1.807, 2.05) is 31.2 Å². The number of methoxy groups -OCH3 is 1. The average Bonchev–Trinajstić information content (AvgIpc) is 2.31. The Labute approximate surface area is 100 Å². The van der Waals surface area contributed by atoms with Gasteiger partial charge in [-0.05, 0) is 24.1 Å². The molecule has 1 aromatic rings. The number of carbonyl (C=O) groups is 1.